The summed E-state index contributed by atoms with van der Waals surface area (Å²) in [4.78, 5) is 27.0. The quantitative estimate of drug-likeness (QED) is 0.163. The summed E-state index contributed by atoms with van der Waals surface area (Å²) in [6.45, 7) is 8.60. The van der Waals surface area contributed by atoms with Gasteiger partial charge >= 0.3 is 42.1 Å². The molecule has 0 bridgehead atoms. The van der Waals surface area contributed by atoms with Crippen molar-refractivity contribution in [2.45, 2.75) is 39.5 Å². The summed E-state index contributed by atoms with van der Waals surface area (Å²) in [6.07, 6.45) is 3.62. The Bertz CT molecular complexity index is 3230. The van der Waals surface area contributed by atoms with Crippen molar-refractivity contribution in [2.24, 2.45) is 0 Å². The second-order valence-electron chi connectivity index (χ2n) is 16.1. The molecule has 0 saturated carbocycles. The number of benzene rings is 6. The van der Waals surface area contributed by atoms with Crippen LogP contribution in [0.4, 0.5) is 0 Å². The maximum absolute atomic E-state index is 4.60. The Morgan fingerprint density at radius 3 is 1.15 bits per heavy atom. The van der Waals surface area contributed by atoms with Crippen molar-refractivity contribution in [3.05, 3.63) is 218 Å². The van der Waals surface area contributed by atoms with Gasteiger partial charge in [-0.15, -0.1) is 58.3 Å². The molecule has 0 aliphatic carbocycles. The molecule has 0 fully saturated rings. The van der Waals surface area contributed by atoms with Gasteiger partial charge in [0.15, 0.2) is 0 Å². The van der Waals surface area contributed by atoms with Crippen LogP contribution in [-0.2, 0) is 42.1 Å². The molecule has 6 aromatic heterocycles. The van der Waals surface area contributed by atoms with Gasteiger partial charge in [-0.3, -0.25) is 0 Å². The Morgan fingerprint density at radius 1 is 0.379 bits per heavy atom. The Kier molecular flexibility index (Phi) is 15.8. The molecular formula is C58H46N6Pt2. The summed E-state index contributed by atoms with van der Waals surface area (Å²) < 4.78 is 0. The van der Waals surface area contributed by atoms with Gasteiger partial charge in [-0.1, -0.05) is 207 Å². The van der Waals surface area contributed by atoms with E-state index in [1.54, 1.807) is 0 Å². The maximum Gasteiger partial charge on any atom is 2.00 e. The number of pyridine rings is 4. The first-order valence-electron chi connectivity index (χ1n) is 21.7. The fraction of sp³-hybridized carbons (Fsp3) is 0.103. The zero-order valence-electron chi connectivity index (χ0n) is 36.9. The van der Waals surface area contributed by atoms with E-state index in [-0.39, 0.29) is 42.1 Å². The number of fused-ring (bicyclic) bond motifs is 8. The van der Waals surface area contributed by atoms with Gasteiger partial charge in [0, 0.05) is 12.4 Å². The molecule has 8 heteroatoms. The fourth-order valence-electron chi connectivity index (χ4n) is 7.76. The van der Waals surface area contributed by atoms with Gasteiger partial charge in [-0.25, -0.2) is 0 Å². The zero-order chi connectivity index (χ0) is 43.8. The SMILES string of the molecule is CC(C)c1ccc2c(n1)[n-]c1ccccc12.CC(C)c1ccc2c(n1)[n-]c1ccccc12.[Pt+2].[Pt+2].[c-]1ccc2ccccc2c1-c1ccccn1.[c-]1ccc2ccccc2c1-c1ccccn1. The standard InChI is InChI=1S/2C15H10N.2C14H13N2.2Pt/c2*1-2-8-13-12(6-1)7-5-9-14(13)15-10-3-4-11-16-15;2*1-9(2)12-8-7-11-10-5-3-4-6-13(10)16-14(11)15-12;;/h2*1-8,10-11H;2*3-9H,1-2H3;;/q4*-1;2*+2. The predicted molar refractivity (Wildman–Crippen MR) is 265 cm³/mol. The average Bonchev–Trinajstić information content (AvgIpc) is 3.92. The minimum absolute atomic E-state index is 0. The van der Waals surface area contributed by atoms with Gasteiger partial charge in [0.2, 0.25) is 0 Å². The number of hydrogen-bond donors (Lipinski definition) is 0. The molecule has 0 radical (unpaired) electrons. The van der Waals surface area contributed by atoms with E-state index in [4.69, 9.17) is 0 Å². The van der Waals surface area contributed by atoms with E-state index in [1.165, 1.54) is 32.3 Å². The normalized spacial score (nSPS) is 10.8. The van der Waals surface area contributed by atoms with Crippen LogP contribution in [0.2, 0.25) is 0 Å². The minimum atomic E-state index is 0. The van der Waals surface area contributed by atoms with Gasteiger partial charge in [0.1, 0.15) is 0 Å². The first-order chi connectivity index (χ1) is 31.4. The van der Waals surface area contributed by atoms with Crippen LogP contribution >= 0.6 is 0 Å². The van der Waals surface area contributed by atoms with Crippen LogP contribution in [-0.4, -0.2) is 19.9 Å². The van der Waals surface area contributed by atoms with E-state index in [1.807, 2.05) is 122 Å². The first kappa shape index (κ1) is 47.4. The fourth-order valence-corrected chi connectivity index (χ4v) is 7.76. The summed E-state index contributed by atoms with van der Waals surface area (Å²) in [6, 6.07) is 67.9. The molecule has 0 aliphatic heterocycles. The summed E-state index contributed by atoms with van der Waals surface area (Å²) >= 11 is 0. The zero-order valence-corrected chi connectivity index (χ0v) is 41.5. The topological polar surface area (TPSA) is 79.8 Å². The van der Waals surface area contributed by atoms with Crippen LogP contribution in [0, 0.1) is 12.1 Å². The van der Waals surface area contributed by atoms with Crippen molar-refractivity contribution in [3.8, 4) is 22.5 Å². The Labute approximate surface area is 414 Å². The van der Waals surface area contributed by atoms with Gasteiger partial charge in [-0.2, -0.15) is 0 Å². The molecule has 66 heavy (non-hydrogen) atoms. The van der Waals surface area contributed by atoms with E-state index in [2.05, 4.69) is 143 Å². The van der Waals surface area contributed by atoms with E-state index in [0.717, 1.165) is 67.0 Å². The van der Waals surface area contributed by atoms with Crippen LogP contribution < -0.4 is 9.97 Å². The Hall–Kier alpha value is -6.58. The molecule has 0 amide bonds. The number of aromatic nitrogens is 6. The van der Waals surface area contributed by atoms with Crippen LogP contribution in [0.15, 0.2) is 194 Å². The third-order valence-electron chi connectivity index (χ3n) is 11.1. The minimum Gasteiger partial charge on any atom is -0.439 e. The summed E-state index contributed by atoms with van der Waals surface area (Å²) in [5.74, 6) is 0.897. The molecule has 12 aromatic rings. The van der Waals surface area contributed by atoms with Crippen LogP contribution in [0.1, 0.15) is 50.9 Å². The number of nitrogens with zero attached hydrogens (tertiary/aromatic N) is 6. The second kappa shape index (κ2) is 22.1. The van der Waals surface area contributed by atoms with Gasteiger partial charge in [0.05, 0.1) is 0 Å². The van der Waals surface area contributed by atoms with Crippen LogP contribution in [0.3, 0.4) is 0 Å². The second-order valence-corrected chi connectivity index (χ2v) is 16.1. The molecule has 12 rings (SSSR count). The van der Waals surface area contributed by atoms with Crippen molar-refractivity contribution in [1.29, 1.82) is 0 Å². The largest absolute Gasteiger partial charge is 2.00 e. The number of hydrogen-bond acceptors (Lipinski definition) is 4. The summed E-state index contributed by atoms with van der Waals surface area (Å²) in [5.41, 5.74) is 10.1. The number of rotatable bonds is 4. The van der Waals surface area contributed by atoms with Crippen molar-refractivity contribution < 1.29 is 42.1 Å². The van der Waals surface area contributed by atoms with E-state index in [0.29, 0.717) is 11.8 Å². The van der Waals surface area contributed by atoms with Crippen LogP contribution in [0.25, 0.3) is 87.9 Å². The van der Waals surface area contributed by atoms with E-state index < -0.39 is 0 Å². The van der Waals surface area contributed by atoms with E-state index >= 15 is 0 Å². The van der Waals surface area contributed by atoms with Crippen molar-refractivity contribution in [1.82, 2.24) is 29.9 Å². The van der Waals surface area contributed by atoms with E-state index in [9.17, 15) is 0 Å². The molecule has 0 N–H and O–H groups in total. The molecule has 0 unspecified atom stereocenters. The van der Waals surface area contributed by atoms with Gasteiger partial charge in [-0.05, 0) is 67.9 Å². The van der Waals surface area contributed by atoms with Crippen molar-refractivity contribution >= 4 is 65.4 Å². The molecule has 0 spiro atoms. The molecule has 6 heterocycles. The van der Waals surface area contributed by atoms with Crippen LogP contribution in [0.5, 0.6) is 0 Å². The third kappa shape index (κ3) is 10.6. The third-order valence-corrected chi connectivity index (χ3v) is 11.1. The molecule has 328 valence electrons. The Balaban J connectivity index is 0.000000130. The van der Waals surface area contributed by atoms with Gasteiger partial charge in [0.25, 0.3) is 0 Å². The summed E-state index contributed by atoms with van der Waals surface area (Å²) in [7, 11) is 0. The van der Waals surface area contributed by atoms with Gasteiger partial charge < -0.3 is 29.9 Å². The Morgan fingerprint density at radius 2 is 0.758 bits per heavy atom. The molecule has 0 aliphatic rings. The molecule has 6 nitrogen and oxygen atoms in total. The molecular weight excluding hydrogens is 1170 g/mol. The predicted octanol–water partition coefficient (Wildman–Crippen LogP) is 14.3. The molecule has 0 saturated heterocycles. The average molecular weight is 1220 g/mol. The smallest absolute Gasteiger partial charge is 0.439 e. The maximum atomic E-state index is 4.60. The summed E-state index contributed by atoms with van der Waals surface area (Å²) in [5, 5.41) is 9.54. The molecule has 6 aromatic carbocycles. The number of para-hydroxylation sites is 2. The molecule has 0 atom stereocenters. The van der Waals surface area contributed by atoms with Crippen molar-refractivity contribution in [2.75, 3.05) is 0 Å². The van der Waals surface area contributed by atoms with Crippen molar-refractivity contribution in [3.63, 3.8) is 0 Å². The first-order valence-corrected chi connectivity index (χ1v) is 21.7. The monoisotopic (exact) mass is 1220 g/mol.